The highest BCUT2D eigenvalue weighted by Gasteiger charge is 2.34. The van der Waals surface area contributed by atoms with Crippen molar-refractivity contribution in [3.8, 4) is 11.8 Å². The van der Waals surface area contributed by atoms with Gasteiger partial charge in [-0.1, -0.05) is 18.5 Å². The maximum absolute atomic E-state index is 12.7. The second-order valence-electron chi connectivity index (χ2n) is 5.59. The van der Waals surface area contributed by atoms with Gasteiger partial charge in [-0.25, -0.2) is 4.98 Å². The lowest BCUT2D eigenvalue weighted by atomic mass is 10.1. The zero-order valence-electron chi connectivity index (χ0n) is 14.2. The smallest absolute Gasteiger partial charge is 0.419 e. The van der Waals surface area contributed by atoms with Crippen LogP contribution in [0.5, 0.6) is 11.8 Å². The normalized spacial score (nSPS) is 11.8. The molecular weight excluding hydrogens is 375 g/mol. The highest BCUT2D eigenvalue weighted by atomic mass is 35.5. The van der Waals surface area contributed by atoms with E-state index in [-0.39, 0.29) is 17.6 Å². The van der Waals surface area contributed by atoms with Crippen LogP contribution < -0.4 is 5.43 Å². The van der Waals surface area contributed by atoms with Crippen molar-refractivity contribution in [3.63, 3.8) is 0 Å². The molecule has 3 N–H and O–H groups in total. The van der Waals surface area contributed by atoms with Gasteiger partial charge in [-0.05, 0) is 25.5 Å². The van der Waals surface area contributed by atoms with Crippen LogP contribution in [0.15, 0.2) is 12.1 Å². The molecule has 0 radical (unpaired) electrons. The molecule has 2 heterocycles. The fourth-order valence-electron chi connectivity index (χ4n) is 2.35. The van der Waals surface area contributed by atoms with E-state index in [1.54, 1.807) is 6.92 Å². The summed E-state index contributed by atoms with van der Waals surface area (Å²) in [6, 6.07) is 1.81. The number of aromatic nitrogens is 2. The van der Waals surface area contributed by atoms with Crippen molar-refractivity contribution in [2.45, 2.75) is 32.9 Å². The van der Waals surface area contributed by atoms with Crippen LogP contribution in [0.4, 0.5) is 19.0 Å². The monoisotopic (exact) mass is 393 g/mol. The van der Waals surface area contributed by atoms with Crippen LogP contribution in [0.3, 0.4) is 0 Å². The van der Waals surface area contributed by atoms with Gasteiger partial charge in [0.05, 0.1) is 12.2 Å². The van der Waals surface area contributed by atoms with E-state index in [9.17, 15) is 23.4 Å². The maximum Gasteiger partial charge on any atom is 0.419 e. The van der Waals surface area contributed by atoms with Crippen molar-refractivity contribution in [1.82, 2.24) is 9.66 Å². The van der Waals surface area contributed by atoms with Crippen molar-refractivity contribution in [3.05, 3.63) is 34.0 Å². The number of alkyl halides is 3. The largest absolute Gasteiger partial charge is 0.493 e. The van der Waals surface area contributed by atoms with E-state index in [1.165, 1.54) is 0 Å². The first-order chi connectivity index (χ1) is 12.2. The van der Waals surface area contributed by atoms with Crippen LogP contribution in [0.25, 0.3) is 0 Å². The van der Waals surface area contributed by atoms with Crippen molar-refractivity contribution >= 4 is 17.4 Å². The number of pyridine rings is 1. The summed E-state index contributed by atoms with van der Waals surface area (Å²) in [4.78, 5) is 3.61. The molecule has 2 rings (SSSR count). The van der Waals surface area contributed by atoms with Gasteiger partial charge < -0.3 is 14.9 Å². The lowest BCUT2D eigenvalue weighted by molar-refractivity contribution is -0.137. The predicted molar refractivity (Wildman–Crippen MR) is 90.6 cm³/mol. The molecule has 0 aromatic carbocycles. The van der Waals surface area contributed by atoms with Gasteiger partial charge in [0.1, 0.15) is 11.0 Å². The Balaban J connectivity index is 2.23. The molecule has 0 aliphatic rings. The molecule has 0 bridgehead atoms. The Morgan fingerprint density at radius 3 is 2.50 bits per heavy atom. The summed E-state index contributed by atoms with van der Waals surface area (Å²) in [6.45, 7) is 4.52. The Hall–Kier alpha value is -2.13. The molecule has 0 saturated heterocycles. The van der Waals surface area contributed by atoms with E-state index >= 15 is 0 Å². The third-order valence-corrected chi connectivity index (χ3v) is 4.00. The Morgan fingerprint density at radius 1 is 1.23 bits per heavy atom. The zero-order chi connectivity index (χ0) is 19.5. The molecule has 0 atom stereocenters. The van der Waals surface area contributed by atoms with Crippen LogP contribution in [-0.2, 0) is 17.3 Å². The Bertz CT molecular complexity index is 778. The topological polar surface area (TPSA) is 79.5 Å². The van der Waals surface area contributed by atoms with Crippen LogP contribution in [0.1, 0.15) is 30.0 Å². The third-order valence-electron chi connectivity index (χ3n) is 3.71. The number of aromatic hydroxyl groups is 2. The lowest BCUT2D eigenvalue weighted by Crippen LogP contribution is -2.12. The van der Waals surface area contributed by atoms with E-state index in [0.717, 1.165) is 23.2 Å². The molecule has 0 unspecified atom stereocenters. The van der Waals surface area contributed by atoms with E-state index in [4.69, 9.17) is 16.3 Å². The predicted octanol–water partition coefficient (Wildman–Crippen LogP) is 4.12. The van der Waals surface area contributed by atoms with Gasteiger partial charge in [-0.15, -0.1) is 0 Å². The van der Waals surface area contributed by atoms with E-state index in [1.807, 2.05) is 6.92 Å². The number of halogens is 4. The van der Waals surface area contributed by atoms with Gasteiger partial charge in [-0.2, -0.15) is 17.8 Å². The van der Waals surface area contributed by atoms with E-state index in [2.05, 4.69) is 10.4 Å². The number of hydrogen-bond donors (Lipinski definition) is 3. The van der Waals surface area contributed by atoms with Gasteiger partial charge in [0, 0.05) is 24.2 Å². The zero-order valence-corrected chi connectivity index (χ0v) is 14.9. The van der Waals surface area contributed by atoms with Crippen LogP contribution in [0, 0.1) is 6.92 Å². The highest BCUT2D eigenvalue weighted by molar-refractivity contribution is 6.30. The van der Waals surface area contributed by atoms with E-state index in [0.29, 0.717) is 30.8 Å². The minimum absolute atomic E-state index is 0.0719. The summed E-state index contributed by atoms with van der Waals surface area (Å²) in [5.41, 5.74) is 2.35. The molecule has 10 heteroatoms. The van der Waals surface area contributed by atoms with Gasteiger partial charge in [-0.3, -0.25) is 5.43 Å². The quantitative estimate of drug-likeness (QED) is 0.487. The van der Waals surface area contributed by atoms with Gasteiger partial charge in [0.2, 0.25) is 11.8 Å². The summed E-state index contributed by atoms with van der Waals surface area (Å²) in [7, 11) is 0. The molecule has 144 valence electrons. The molecule has 2 aromatic heterocycles. The molecule has 0 aliphatic heterocycles. The molecule has 0 fully saturated rings. The van der Waals surface area contributed by atoms with Crippen LogP contribution in [0.2, 0.25) is 5.15 Å². The maximum atomic E-state index is 12.7. The van der Waals surface area contributed by atoms with Crippen LogP contribution in [-0.4, -0.2) is 33.1 Å². The number of ether oxygens (including phenoxy) is 1. The SMILES string of the molecule is CCCOCCc1c(C)c(O)n(Nc2ccc(C(F)(F)F)c(Cl)n2)c1O. The highest BCUT2D eigenvalue weighted by Crippen LogP contribution is 2.36. The third kappa shape index (κ3) is 4.34. The van der Waals surface area contributed by atoms with Gasteiger partial charge in [0.15, 0.2) is 0 Å². The number of nitrogens with one attached hydrogen (secondary N) is 1. The Morgan fingerprint density at radius 2 is 1.92 bits per heavy atom. The number of rotatable bonds is 7. The molecule has 0 aliphatic carbocycles. The Labute approximate surface area is 153 Å². The summed E-state index contributed by atoms with van der Waals surface area (Å²) in [5, 5.41) is 19.7. The summed E-state index contributed by atoms with van der Waals surface area (Å²) < 4.78 is 44.5. The second-order valence-corrected chi connectivity index (χ2v) is 5.95. The summed E-state index contributed by atoms with van der Waals surface area (Å²) >= 11 is 5.57. The molecule has 26 heavy (non-hydrogen) atoms. The molecule has 6 nitrogen and oxygen atoms in total. The van der Waals surface area contributed by atoms with Crippen molar-refractivity contribution < 1.29 is 28.1 Å². The number of hydrogen-bond acceptors (Lipinski definition) is 5. The second kappa shape index (κ2) is 8.05. The molecule has 0 amide bonds. The average Bonchev–Trinajstić information content (AvgIpc) is 2.75. The number of nitrogens with zero attached hydrogens (tertiary/aromatic N) is 2. The van der Waals surface area contributed by atoms with Gasteiger partial charge in [0.25, 0.3) is 0 Å². The lowest BCUT2D eigenvalue weighted by Gasteiger charge is -2.12. The standard InChI is InChI=1S/C16H19ClF3N3O3/c1-3-7-26-8-6-10-9(2)14(24)23(15(10)25)22-12-5-4-11(13(17)21-12)16(18,19)20/h4-5,24-25H,3,6-8H2,1-2H3,(H,21,22). The molecule has 0 spiro atoms. The minimum Gasteiger partial charge on any atom is -0.493 e. The Kier molecular flexibility index (Phi) is 6.25. The number of anilines is 1. The first-order valence-corrected chi connectivity index (χ1v) is 8.25. The van der Waals surface area contributed by atoms with E-state index < -0.39 is 16.9 Å². The summed E-state index contributed by atoms with van der Waals surface area (Å²) in [6.07, 6.45) is -3.40. The average molecular weight is 394 g/mol. The fourth-order valence-corrected chi connectivity index (χ4v) is 2.62. The van der Waals surface area contributed by atoms with Crippen molar-refractivity contribution in [1.29, 1.82) is 0 Å². The summed E-state index contributed by atoms with van der Waals surface area (Å²) in [5.74, 6) is -0.638. The van der Waals surface area contributed by atoms with Crippen molar-refractivity contribution in [2.75, 3.05) is 18.6 Å². The first-order valence-electron chi connectivity index (χ1n) is 7.87. The molecular formula is C16H19ClF3N3O3. The minimum atomic E-state index is -4.62. The van der Waals surface area contributed by atoms with Gasteiger partial charge >= 0.3 is 6.18 Å². The fraction of sp³-hybridized carbons (Fsp3) is 0.438. The van der Waals surface area contributed by atoms with Crippen LogP contribution >= 0.6 is 11.6 Å². The molecule has 2 aromatic rings. The van der Waals surface area contributed by atoms with Crippen molar-refractivity contribution in [2.24, 2.45) is 0 Å². The first kappa shape index (κ1) is 20.2. The molecule has 0 saturated carbocycles.